The summed E-state index contributed by atoms with van der Waals surface area (Å²) in [6, 6.07) is -0.848. The number of likely N-dealkylation sites (N-methyl/N-ethyl adjacent to an activating group) is 1. The number of phosphoric ester groups is 1. The normalized spacial score (nSPS) is 14.7. The molecule has 54 heavy (non-hydrogen) atoms. The molecule has 0 saturated carbocycles. The molecule has 0 fully saturated rings. The monoisotopic (exact) mass is 784 g/mol. The van der Waals surface area contributed by atoms with Gasteiger partial charge >= 0.3 is 7.82 Å². The van der Waals surface area contributed by atoms with Crippen LogP contribution in [0.1, 0.15) is 194 Å². The van der Waals surface area contributed by atoms with Gasteiger partial charge in [-0.15, -0.1) is 0 Å². The third-order valence-corrected chi connectivity index (χ3v) is 10.8. The Hall–Kier alpha value is -1.28. The molecule has 0 aromatic rings. The van der Waals surface area contributed by atoms with Crippen LogP contribution >= 0.6 is 7.82 Å². The molecule has 0 saturated heterocycles. The smallest absolute Gasteiger partial charge is 0.387 e. The van der Waals surface area contributed by atoms with E-state index in [2.05, 4.69) is 43.5 Å². The lowest BCUT2D eigenvalue weighted by Gasteiger charge is -2.25. The first-order valence-corrected chi connectivity index (χ1v) is 23.9. The Labute approximate surface area is 334 Å². The fourth-order valence-corrected chi connectivity index (χ4v) is 6.98. The molecule has 0 rings (SSSR count). The van der Waals surface area contributed by atoms with Gasteiger partial charge in [0.1, 0.15) is 13.2 Å². The van der Waals surface area contributed by atoms with E-state index in [9.17, 15) is 19.4 Å². The van der Waals surface area contributed by atoms with Crippen molar-refractivity contribution in [3.8, 4) is 0 Å². The number of phosphoric acid groups is 1. The average Bonchev–Trinajstić information content (AvgIpc) is 3.12. The summed E-state index contributed by atoms with van der Waals surface area (Å²) in [5.41, 5.74) is 0. The summed E-state index contributed by atoms with van der Waals surface area (Å²) < 4.78 is 23.5. The highest BCUT2D eigenvalue weighted by molar-refractivity contribution is 7.47. The molecule has 0 aliphatic carbocycles. The van der Waals surface area contributed by atoms with Gasteiger partial charge in [-0.25, -0.2) is 4.57 Å². The SMILES string of the molecule is CCCCC/C=C\C/C=C\CCCCCCCCCC(=O)NC(COP(=O)(O)OCC[N+](C)(C)C)C(O)/C=C/CCCCCCCCCCCCCCC. The van der Waals surface area contributed by atoms with Crippen LogP contribution in [0.3, 0.4) is 0 Å². The standard InChI is InChI=1S/C45H87N2O6P/c1-6-8-10-12-14-16-18-20-22-23-25-27-29-31-33-35-37-39-45(49)46-43(42-53-54(50,51)52-41-40-47(3,4)5)44(48)38-36-34-32-30-28-26-24-21-19-17-15-13-11-9-7-2/h14,16,20,22,36,38,43-44,48H,6-13,15,17-19,21,23-35,37,39-42H2,1-5H3,(H-,46,49,50,51)/p+1/b16-14-,22-20-,38-36+. The van der Waals surface area contributed by atoms with Gasteiger partial charge in [-0.1, -0.05) is 172 Å². The van der Waals surface area contributed by atoms with Crippen LogP contribution < -0.4 is 5.32 Å². The number of carbonyl (C=O) groups is 1. The van der Waals surface area contributed by atoms with Crippen molar-refractivity contribution in [2.75, 3.05) is 40.9 Å². The van der Waals surface area contributed by atoms with Crippen molar-refractivity contribution in [2.45, 2.75) is 206 Å². The molecule has 3 atom stereocenters. The van der Waals surface area contributed by atoms with Gasteiger partial charge in [0.05, 0.1) is 39.9 Å². The highest BCUT2D eigenvalue weighted by atomic mass is 31.2. The molecule has 0 heterocycles. The predicted octanol–water partition coefficient (Wildman–Crippen LogP) is 12.3. The minimum Gasteiger partial charge on any atom is -0.387 e. The Bertz CT molecular complexity index is 980. The number of rotatable bonds is 40. The summed E-state index contributed by atoms with van der Waals surface area (Å²) in [6.07, 6.45) is 44.9. The van der Waals surface area contributed by atoms with E-state index >= 15 is 0 Å². The summed E-state index contributed by atoms with van der Waals surface area (Å²) in [5, 5.41) is 13.8. The first-order valence-electron chi connectivity index (χ1n) is 22.4. The number of carbonyl (C=O) groups excluding carboxylic acids is 1. The molecule has 0 aromatic carbocycles. The van der Waals surface area contributed by atoms with Gasteiger partial charge in [-0.3, -0.25) is 13.8 Å². The third-order valence-electron chi connectivity index (χ3n) is 9.85. The van der Waals surface area contributed by atoms with E-state index < -0.39 is 20.0 Å². The Morgan fingerprint density at radius 3 is 1.56 bits per heavy atom. The second kappa shape index (κ2) is 37.3. The van der Waals surface area contributed by atoms with Crippen molar-refractivity contribution < 1.29 is 32.9 Å². The van der Waals surface area contributed by atoms with Gasteiger partial charge in [-0.05, 0) is 51.4 Å². The lowest BCUT2D eigenvalue weighted by atomic mass is 10.0. The van der Waals surface area contributed by atoms with E-state index in [-0.39, 0.29) is 19.1 Å². The molecule has 3 N–H and O–H groups in total. The summed E-state index contributed by atoms with van der Waals surface area (Å²) in [6.45, 7) is 4.78. The topological polar surface area (TPSA) is 105 Å². The number of aliphatic hydroxyl groups is 1. The Morgan fingerprint density at radius 2 is 1.06 bits per heavy atom. The van der Waals surface area contributed by atoms with E-state index in [4.69, 9.17) is 9.05 Å². The van der Waals surface area contributed by atoms with E-state index in [1.807, 2.05) is 27.2 Å². The third kappa shape index (κ3) is 39.0. The maximum Gasteiger partial charge on any atom is 0.472 e. The van der Waals surface area contributed by atoms with Crippen LogP contribution in [0.5, 0.6) is 0 Å². The molecule has 0 bridgehead atoms. The van der Waals surface area contributed by atoms with Crippen LogP contribution in [0.15, 0.2) is 36.5 Å². The molecule has 0 radical (unpaired) electrons. The fraction of sp³-hybridized carbons (Fsp3) is 0.844. The zero-order chi connectivity index (χ0) is 40.0. The van der Waals surface area contributed by atoms with E-state index in [1.165, 1.54) is 122 Å². The average molecular weight is 784 g/mol. The van der Waals surface area contributed by atoms with Gasteiger partial charge in [0.2, 0.25) is 5.91 Å². The number of aliphatic hydroxyl groups excluding tert-OH is 1. The second-order valence-corrected chi connectivity index (χ2v) is 17.9. The van der Waals surface area contributed by atoms with Crippen LogP contribution in [0.4, 0.5) is 0 Å². The van der Waals surface area contributed by atoms with Gasteiger partial charge in [0, 0.05) is 6.42 Å². The maximum atomic E-state index is 12.9. The fourth-order valence-electron chi connectivity index (χ4n) is 6.25. The number of hydrogen-bond donors (Lipinski definition) is 3. The van der Waals surface area contributed by atoms with Crippen LogP contribution in [0.25, 0.3) is 0 Å². The molecule has 3 unspecified atom stereocenters. The summed E-state index contributed by atoms with van der Waals surface area (Å²) in [4.78, 5) is 23.1. The Morgan fingerprint density at radius 1 is 0.630 bits per heavy atom. The molecular formula is C45H88N2O6P+. The molecule has 8 nitrogen and oxygen atoms in total. The van der Waals surface area contributed by atoms with Crippen molar-refractivity contribution >= 4 is 13.7 Å². The predicted molar refractivity (Wildman–Crippen MR) is 231 cm³/mol. The summed E-state index contributed by atoms with van der Waals surface area (Å²) >= 11 is 0. The molecule has 0 aliphatic heterocycles. The summed E-state index contributed by atoms with van der Waals surface area (Å²) in [7, 11) is 1.56. The molecule has 318 valence electrons. The van der Waals surface area contributed by atoms with Crippen LogP contribution in [-0.2, 0) is 18.4 Å². The van der Waals surface area contributed by atoms with Crippen molar-refractivity contribution in [1.82, 2.24) is 5.32 Å². The highest BCUT2D eigenvalue weighted by Crippen LogP contribution is 2.43. The second-order valence-electron chi connectivity index (χ2n) is 16.4. The molecular weight excluding hydrogens is 695 g/mol. The lowest BCUT2D eigenvalue weighted by Crippen LogP contribution is -2.45. The molecule has 1 amide bonds. The molecule has 9 heteroatoms. The van der Waals surface area contributed by atoms with Crippen LogP contribution in [0, 0.1) is 0 Å². The van der Waals surface area contributed by atoms with E-state index in [0.29, 0.717) is 17.4 Å². The highest BCUT2D eigenvalue weighted by Gasteiger charge is 2.27. The lowest BCUT2D eigenvalue weighted by molar-refractivity contribution is -0.870. The van der Waals surface area contributed by atoms with Gasteiger partial charge in [-0.2, -0.15) is 0 Å². The number of nitrogens with zero attached hydrogens (tertiary/aromatic N) is 1. The number of unbranched alkanes of at least 4 members (excludes halogenated alkanes) is 23. The zero-order valence-electron chi connectivity index (χ0n) is 36.0. The molecule has 0 spiro atoms. The number of amides is 1. The number of allylic oxidation sites excluding steroid dienone is 5. The Kier molecular flexibility index (Phi) is 36.4. The van der Waals surface area contributed by atoms with Crippen molar-refractivity contribution in [2.24, 2.45) is 0 Å². The van der Waals surface area contributed by atoms with Gasteiger partial charge in [0.15, 0.2) is 0 Å². The summed E-state index contributed by atoms with van der Waals surface area (Å²) in [5.74, 6) is -0.186. The number of nitrogens with one attached hydrogen (secondary N) is 1. The van der Waals surface area contributed by atoms with Crippen molar-refractivity contribution in [1.29, 1.82) is 0 Å². The van der Waals surface area contributed by atoms with Crippen molar-refractivity contribution in [3.05, 3.63) is 36.5 Å². The van der Waals surface area contributed by atoms with E-state index in [1.54, 1.807) is 6.08 Å². The molecule has 0 aliphatic rings. The largest absolute Gasteiger partial charge is 0.472 e. The first kappa shape index (κ1) is 52.7. The number of quaternary nitrogens is 1. The van der Waals surface area contributed by atoms with Gasteiger partial charge < -0.3 is 19.8 Å². The van der Waals surface area contributed by atoms with Gasteiger partial charge in [0.25, 0.3) is 0 Å². The molecule has 0 aromatic heterocycles. The van der Waals surface area contributed by atoms with Crippen LogP contribution in [0.2, 0.25) is 0 Å². The van der Waals surface area contributed by atoms with E-state index in [0.717, 1.165) is 51.4 Å². The first-order chi connectivity index (χ1) is 26.0. The minimum absolute atomic E-state index is 0.0596. The maximum absolute atomic E-state index is 12.9. The van der Waals surface area contributed by atoms with Crippen molar-refractivity contribution in [3.63, 3.8) is 0 Å². The number of hydrogen-bond acceptors (Lipinski definition) is 5. The zero-order valence-corrected chi connectivity index (χ0v) is 36.9. The Balaban J connectivity index is 4.44. The minimum atomic E-state index is -4.34. The quantitative estimate of drug-likeness (QED) is 0.0247. The van der Waals surface area contributed by atoms with Crippen LogP contribution in [-0.4, -0.2) is 73.4 Å².